The van der Waals surface area contributed by atoms with Gasteiger partial charge in [-0.2, -0.15) is 5.10 Å². The van der Waals surface area contributed by atoms with Crippen LogP contribution >= 0.6 is 0 Å². The van der Waals surface area contributed by atoms with Gasteiger partial charge >= 0.3 is 6.03 Å². The third-order valence-corrected chi connectivity index (χ3v) is 6.64. The Morgan fingerprint density at radius 1 is 1.32 bits per heavy atom. The molecule has 0 fully saturated rings. The number of nitrogens with zero attached hydrogens (tertiary/aromatic N) is 2. The molecule has 1 aromatic heterocycles. The zero-order chi connectivity index (χ0) is 22.9. The molecule has 2 N–H and O–H groups in total. The predicted octanol–water partition coefficient (Wildman–Crippen LogP) is 3.49. The fourth-order valence-electron chi connectivity index (χ4n) is 3.47. The Balaban J connectivity index is 1.86. The van der Waals surface area contributed by atoms with Crippen LogP contribution in [0.3, 0.4) is 0 Å². The van der Waals surface area contributed by atoms with Crippen LogP contribution in [0.2, 0.25) is 0 Å². The Kier molecular flexibility index (Phi) is 6.61. The van der Waals surface area contributed by atoms with Crippen molar-refractivity contribution in [2.45, 2.75) is 57.1 Å². The van der Waals surface area contributed by atoms with Gasteiger partial charge in [0.15, 0.2) is 0 Å². The van der Waals surface area contributed by atoms with E-state index in [1.165, 1.54) is 23.0 Å². The molecule has 2 aromatic rings. The molecule has 0 bridgehead atoms. The van der Waals surface area contributed by atoms with Gasteiger partial charge in [-0.15, -0.1) is 0 Å². The van der Waals surface area contributed by atoms with Crippen molar-refractivity contribution in [1.29, 1.82) is 0 Å². The number of hydrogen-bond acceptors (Lipinski definition) is 5. The monoisotopic (exact) mass is 452 g/mol. The van der Waals surface area contributed by atoms with E-state index in [2.05, 4.69) is 21.0 Å². The fraction of sp³-hybridized carbons (Fsp3) is 0.476. The van der Waals surface area contributed by atoms with Crippen molar-refractivity contribution in [3.63, 3.8) is 0 Å². The van der Waals surface area contributed by atoms with Gasteiger partial charge in [-0.25, -0.2) is 18.1 Å². The first-order chi connectivity index (χ1) is 14.5. The van der Waals surface area contributed by atoms with Gasteiger partial charge in [-0.3, -0.25) is 4.72 Å². The van der Waals surface area contributed by atoms with E-state index in [0.29, 0.717) is 29.2 Å². The van der Waals surface area contributed by atoms with Gasteiger partial charge < -0.3 is 14.8 Å². The lowest BCUT2D eigenvalue weighted by molar-refractivity contribution is 0.0165. The number of benzene rings is 1. The van der Waals surface area contributed by atoms with Gasteiger partial charge in [0, 0.05) is 12.8 Å². The number of carbonyl (C=O) groups excluding carboxylic acids is 1. The summed E-state index contributed by atoms with van der Waals surface area (Å²) in [5.41, 5.74) is 1.83. The van der Waals surface area contributed by atoms with Crippen molar-refractivity contribution in [2.24, 2.45) is 0 Å². The molecule has 1 aliphatic rings. The molecule has 2 amide bonds. The van der Waals surface area contributed by atoms with Gasteiger partial charge in [0.25, 0.3) is 0 Å². The number of nitrogens with one attached hydrogen (secondary N) is 2. The summed E-state index contributed by atoms with van der Waals surface area (Å²) in [5, 5.41) is 6.94. The molecular formula is C21H29FN4O4S. The molecule has 0 saturated heterocycles. The molecule has 1 aliphatic heterocycles. The van der Waals surface area contributed by atoms with Crippen molar-refractivity contribution in [3.05, 3.63) is 35.3 Å². The van der Waals surface area contributed by atoms with Crippen LogP contribution in [0.4, 0.5) is 14.9 Å². The molecule has 0 spiro atoms. The third kappa shape index (κ3) is 4.85. The lowest BCUT2D eigenvalue weighted by Gasteiger charge is -2.24. The van der Waals surface area contributed by atoms with Gasteiger partial charge in [-0.1, -0.05) is 27.7 Å². The number of methoxy groups -OCH3 is 1. The summed E-state index contributed by atoms with van der Waals surface area (Å²) < 4.78 is 42.3. The van der Waals surface area contributed by atoms with Crippen LogP contribution in [0.15, 0.2) is 23.2 Å². The quantitative estimate of drug-likeness (QED) is 0.655. The summed E-state index contributed by atoms with van der Waals surface area (Å²) in [5.74, 6) is 3.57. The molecule has 1 unspecified atom stereocenters. The maximum absolute atomic E-state index is 14.1. The van der Waals surface area contributed by atoms with E-state index in [1.807, 2.05) is 27.7 Å². The van der Waals surface area contributed by atoms with E-state index in [1.54, 1.807) is 7.11 Å². The highest BCUT2D eigenvalue weighted by Crippen LogP contribution is 2.34. The van der Waals surface area contributed by atoms with Crippen LogP contribution in [-0.4, -0.2) is 45.7 Å². The minimum Gasteiger partial charge on any atom is -0.474 e. The maximum atomic E-state index is 14.1. The van der Waals surface area contributed by atoms with Crippen LogP contribution < -0.4 is 14.8 Å². The smallest absolute Gasteiger partial charge is 0.330 e. The van der Waals surface area contributed by atoms with E-state index in [-0.39, 0.29) is 35.3 Å². The maximum Gasteiger partial charge on any atom is 0.330 e. The summed E-state index contributed by atoms with van der Waals surface area (Å²) in [6.07, 6.45) is 1.21. The van der Waals surface area contributed by atoms with Crippen molar-refractivity contribution in [3.8, 4) is 5.88 Å². The molecule has 0 radical (unpaired) electrons. The zero-order valence-electron chi connectivity index (χ0n) is 18.4. The standard InChI is InChI=1S/C21H29FN4O4S/c1-12(2)16-7-14(22)8-17(13(3)4)19(16)24-21(27)25-31(6,28)18-9-23-26-10-15(29-5)11-30-20(18)26/h7-9,12-13,15H,6,10-11H2,1-5H3,(H2,24,25,27,28)/t15-,31?/m0/s1. The van der Waals surface area contributed by atoms with Crippen LogP contribution in [0, 0.1) is 5.82 Å². The predicted molar refractivity (Wildman–Crippen MR) is 119 cm³/mol. The lowest BCUT2D eigenvalue weighted by Crippen LogP contribution is -2.36. The third-order valence-electron chi connectivity index (χ3n) is 5.13. The van der Waals surface area contributed by atoms with Crippen LogP contribution in [0.25, 0.3) is 0 Å². The van der Waals surface area contributed by atoms with Crippen molar-refractivity contribution in [1.82, 2.24) is 14.5 Å². The molecule has 1 aromatic carbocycles. The highest BCUT2D eigenvalue weighted by molar-refractivity contribution is 7.99. The second kappa shape index (κ2) is 8.88. The van der Waals surface area contributed by atoms with Crippen molar-refractivity contribution < 1.29 is 22.9 Å². The van der Waals surface area contributed by atoms with E-state index in [9.17, 15) is 13.4 Å². The SMILES string of the molecule is C=S(=O)(NC(=O)Nc1c(C(C)C)cc(F)cc1C(C)C)c1cnn2c1OC[C@@H](OC)C2. The number of halogens is 1. The number of hydrogen-bond donors (Lipinski definition) is 2. The number of ether oxygens (including phenoxy) is 2. The number of aromatic nitrogens is 2. The lowest BCUT2D eigenvalue weighted by atomic mass is 9.92. The normalized spacial score (nSPS) is 17.7. The highest BCUT2D eigenvalue weighted by Gasteiger charge is 2.28. The summed E-state index contributed by atoms with van der Waals surface area (Å²) in [6, 6.07) is 2.10. The van der Waals surface area contributed by atoms with Crippen LogP contribution in [-0.2, 0) is 21.0 Å². The van der Waals surface area contributed by atoms with Gasteiger partial charge in [0.05, 0.1) is 22.4 Å². The Morgan fingerprint density at radius 2 is 1.94 bits per heavy atom. The zero-order valence-corrected chi connectivity index (χ0v) is 19.2. The molecule has 3 rings (SSSR count). The topological polar surface area (TPSA) is 94.5 Å². The minimum absolute atomic E-state index is 0.0302. The molecule has 0 saturated carbocycles. The Bertz CT molecular complexity index is 1050. The van der Waals surface area contributed by atoms with Crippen molar-refractivity contribution in [2.75, 3.05) is 19.0 Å². The van der Waals surface area contributed by atoms with Crippen molar-refractivity contribution >= 4 is 27.3 Å². The van der Waals surface area contributed by atoms with Gasteiger partial charge in [0.1, 0.15) is 23.4 Å². The number of carbonyl (C=O) groups is 1. The molecule has 170 valence electrons. The first-order valence-corrected chi connectivity index (χ1v) is 11.8. The number of anilines is 1. The van der Waals surface area contributed by atoms with Gasteiger partial charge in [0.2, 0.25) is 5.88 Å². The summed E-state index contributed by atoms with van der Waals surface area (Å²) in [6.45, 7) is 8.37. The second-order valence-corrected chi connectivity index (χ2v) is 10.2. The molecule has 31 heavy (non-hydrogen) atoms. The van der Waals surface area contributed by atoms with E-state index >= 15 is 0 Å². The molecule has 2 atom stereocenters. The Hall–Kier alpha value is -2.59. The number of amides is 2. The Labute approximate surface area is 182 Å². The largest absolute Gasteiger partial charge is 0.474 e. The first-order valence-electron chi connectivity index (χ1n) is 10.0. The fourth-order valence-corrected chi connectivity index (χ4v) is 4.59. The molecule has 10 heteroatoms. The summed E-state index contributed by atoms with van der Waals surface area (Å²) in [7, 11) is -1.69. The summed E-state index contributed by atoms with van der Waals surface area (Å²) >= 11 is 0. The van der Waals surface area contributed by atoms with E-state index in [4.69, 9.17) is 9.47 Å². The van der Waals surface area contributed by atoms with E-state index in [0.717, 1.165) is 0 Å². The average molecular weight is 453 g/mol. The van der Waals surface area contributed by atoms with E-state index < -0.39 is 15.7 Å². The summed E-state index contributed by atoms with van der Waals surface area (Å²) in [4.78, 5) is 13.0. The Morgan fingerprint density at radius 3 is 2.48 bits per heavy atom. The number of rotatable bonds is 6. The molecule has 8 nitrogen and oxygen atoms in total. The highest BCUT2D eigenvalue weighted by atomic mass is 32.2. The molecule has 0 aliphatic carbocycles. The second-order valence-electron chi connectivity index (χ2n) is 8.16. The minimum atomic E-state index is -3.26. The molecular weight excluding hydrogens is 423 g/mol. The van der Waals surface area contributed by atoms with Gasteiger partial charge in [-0.05, 0) is 41.0 Å². The number of urea groups is 1. The molecule has 2 heterocycles. The number of fused-ring (bicyclic) bond motifs is 1. The average Bonchev–Trinajstić information content (AvgIpc) is 3.12. The van der Waals surface area contributed by atoms with Crippen LogP contribution in [0.1, 0.15) is 50.7 Å². The van der Waals surface area contributed by atoms with Crippen LogP contribution in [0.5, 0.6) is 5.88 Å². The first kappa shape index (κ1) is 23.1.